The van der Waals surface area contributed by atoms with Crippen molar-refractivity contribution in [3.05, 3.63) is 53.0 Å². The topological polar surface area (TPSA) is 92.2 Å². The molecule has 1 spiro atoms. The number of hydrogen-bond acceptors (Lipinski definition) is 4. The molecule has 1 aliphatic heterocycles. The Morgan fingerprint density at radius 2 is 2.10 bits per heavy atom. The number of benzene rings is 1. The number of amides is 1. The molecule has 2 aliphatic rings. The van der Waals surface area contributed by atoms with Crippen LogP contribution < -0.4 is 5.32 Å². The Morgan fingerprint density at radius 1 is 1.29 bits per heavy atom. The largest absolute Gasteiger partial charge is 0.478 e. The zero-order valence-corrected chi connectivity index (χ0v) is 11.0. The van der Waals surface area contributed by atoms with E-state index in [1.165, 1.54) is 6.33 Å². The molecule has 1 amide bonds. The number of nitrogens with one attached hydrogen (secondary N) is 1. The van der Waals surface area contributed by atoms with Gasteiger partial charge in [-0.05, 0) is 36.1 Å². The third-order valence-corrected chi connectivity index (χ3v) is 4.33. The van der Waals surface area contributed by atoms with E-state index in [0.717, 1.165) is 16.7 Å². The molecule has 6 nitrogen and oxygen atoms in total. The van der Waals surface area contributed by atoms with E-state index in [1.54, 1.807) is 24.4 Å². The fourth-order valence-corrected chi connectivity index (χ4v) is 3.29. The Bertz CT molecular complexity index is 803. The van der Waals surface area contributed by atoms with Crippen molar-refractivity contribution in [3.8, 4) is 0 Å². The van der Waals surface area contributed by atoms with E-state index in [2.05, 4.69) is 15.3 Å². The fourth-order valence-electron chi connectivity index (χ4n) is 3.29. The second-order valence-corrected chi connectivity index (χ2v) is 5.46. The van der Waals surface area contributed by atoms with E-state index >= 15 is 0 Å². The van der Waals surface area contributed by atoms with Gasteiger partial charge in [-0.2, -0.15) is 0 Å². The smallest absolute Gasteiger partial charge is 0.335 e. The molecule has 1 aliphatic carbocycles. The van der Waals surface area contributed by atoms with E-state index in [-0.39, 0.29) is 11.5 Å². The Kier molecular flexibility index (Phi) is 2.22. The normalized spacial score (nSPS) is 22.0. The number of carbonyl (C=O) groups is 2. The maximum Gasteiger partial charge on any atom is 0.335 e. The van der Waals surface area contributed by atoms with Gasteiger partial charge >= 0.3 is 5.97 Å². The second-order valence-electron chi connectivity index (χ2n) is 5.46. The first-order valence-corrected chi connectivity index (χ1v) is 6.57. The Hall–Kier alpha value is -2.76. The van der Waals surface area contributed by atoms with Crippen molar-refractivity contribution < 1.29 is 14.7 Å². The molecule has 0 radical (unpaired) electrons. The van der Waals surface area contributed by atoms with Crippen LogP contribution in [-0.4, -0.2) is 27.0 Å². The molecular weight excluding hydrogens is 270 g/mol. The molecular formula is C15H11N3O3. The summed E-state index contributed by atoms with van der Waals surface area (Å²) in [5.74, 6) is -0.495. The van der Waals surface area contributed by atoms with Gasteiger partial charge in [0.25, 0.3) is 0 Å². The summed E-state index contributed by atoms with van der Waals surface area (Å²) in [7, 11) is 0. The first-order valence-electron chi connectivity index (χ1n) is 6.57. The maximum atomic E-state index is 12.4. The summed E-state index contributed by atoms with van der Waals surface area (Å²) >= 11 is 0. The van der Waals surface area contributed by atoms with Gasteiger partial charge in [0.15, 0.2) is 0 Å². The average molecular weight is 281 g/mol. The summed E-state index contributed by atoms with van der Waals surface area (Å²) in [6.45, 7) is 0. The molecule has 21 heavy (non-hydrogen) atoms. The summed E-state index contributed by atoms with van der Waals surface area (Å²) in [6.07, 6.45) is 4.11. The van der Waals surface area contributed by atoms with E-state index in [9.17, 15) is 9.59 Å². The number of carboxylic acid groups (broad SMARTS) is 1. The standard InChI is InChI=1S/C15H11N3O3/c19-13(20)8-1-2-9-4-15(5-10(9)3-8)11-6-16-7-17-12(11)18-14(15)21/h1-3,6-7H,4-5H2,(H,19,20)(H,16,17,18,21). The van der Waals surface area contributed by atoms with Crippen LogP contribution in [0.2, 0.25) is 0 Å². The van der Waals surface area contributed by atoms with Gasteiger partial charge in [0.05, 0.1) is 11.0 Å². The maximum absolute atomic E-state index is 12.4. The van der Waals surface area contributed by atoms with Crippen LogP contribution in [-0.2, 0) is 23.1 Å². The van der Waals surface area contributed by atoms with Gasteiger partial charge in [0.1, 0.15) is 12.1 Å². The van der Waals surface area contributed by atoms with Crippen LogP contribution in [0.25, 0.3) is 0 Å². The minimum Gasteiger partial charge on any atom is -0.478 e. The van der Waals surface area contributed by atoms with Crippen molar-refractivity contribution in [1.29, 1.82) is 0 Å². The fraction of sp³-hybridized carbons (Fsp3) is 0.200. The third kappa shape index (κ3) is 1.53. The minimum absolute atomic E-state index is 0.0916. The highest BCUT2D eigenvalue weighted by molar-refractivity contribution is 6.06. The Morgan fingerprint density at radius 3 is 2.90 bits per heavy atom. The predicted molar refractivity (Wildman–Crippen MR) is 73.1 cm³/mol. The molecule has 0 saturated heterocycles. The van der Waals surface area contributed by atoms with Crippen LogP contribution in [0.3, 0.4) is 0 Å². The van der Waals surface area contributed by atoms with Crippen LogP contribution >= 0.6 is 0 Å². The molecule has 2 N–H and O–H groups in total. The zero-order valence-electron chi connectivity index (χ0n) is 11.0. The van der Waals surface area contributed by atoms with Gasteiger partial charge in [-0.15, -0.1) is 0 Å². The van der Waals surface area contributed by atoms with Crippen molar-refractivity contribution in [2.75, 3.05) is 5.32 Å². The average Bonchev–Trinajstić information content (AvgIpc) is 2.98. The quantitative estimate of drug-likeness (QED) is 0.818. The first-order chi connectivity index (χ1) is 10.1. The second kappa shape index (κ2) is 3.88. The van der Waals surface area contributed by atoms with Crippen molar-refractivity contribution in [2.45, 2.75) is 18.3 Å². The number of nitrogens with zero attached hydrogens (tertiary/aromatic N) is 2. The van der Waals surface area contributed by atoms with E-state index in [1.807, 2.05) is 0 Å². The lowest BCUT2D eigenvalue weighted by Gasteiger charge is -2.19. The van der Waals surface area contributed by atoms with Crippen LogP contribution in [0.15, 0.2) is 30.7 Å². The summed E-state index contributed by atoms with van der Waals surface area (Å²) in [4.78, 5) is 31.6. The molecule has 0 saturated carbocycles. The van der Waals surface area contributed by atoms with E-state index in [0.29, 0.717) is 18.7 Å². The number of carboxylic acids is 1. The SMILES string of the molecule is O=C(O)c1ccc2c(c1)CC1(C2)C(=O)Nc2ncncc21. The number of hydrogen-bond donors (Lipinski definition) is 2. The third-order valence-electron chi connectivity index (χ3n) is 4.33. The van der Waals surface area contributed by atoms with Gasteiger partial charge in [-0.3, -0.25) is 4.79 Å². The highest BCUT2D eigenvalue weighted by Gasteiger charge is 2.51. The number of anilines is 1. The lowest BCUT2D eigenvalue weighted by Crippen LogP contribution is -2.35. The number of aromatic nitrogens is 2. The zero-order chi connectivity index (χ0) is 14.6. The summed E-state index contributed by atoms with van der Waals surface area (Å²) in [6, 6.07) is 5.03. The van der Waals surface area contributed by atoms with Gasteiger partial charge < -0.3 is 10.4 Å². The van der Waals surface area contributed by atoms with E-state index in [4.69, 9.17) is 5.11 Å². The molecule has 1 atom stereocenters. The molecule has 1 unspecified atom stereocenters. The van der Waals surface area contributed by atoms with Crippen LogP contribution in [0, 0.1) is 0 Å². The summed E-state index contributed by atoms with van der Waals surface area (Å²) in [5.41, 5.74) is 2.25. The Labute approximate surface area is 119 Å². The van der Waals surface area contributed by atoms with Crippen molar-refractivity contribution in [2.24, 2.45) is 0 Å². The van der Waals surface area contributed by atoms with Crippen molar-refractivity contribution >= 4 is 17.7 Å². The van der Waals surface area contributed by atoms with Crippen LogP contribution in [0.4, 0.5) is 5.82 Å². The van der Waals surface area contributed by atoms with Gasteiger partial charge in [-0.25, -0.2) is 14.8 Å². The van der Waals surface area contributed by atoms with Crippen LogP contribution in [0.5, 0.6) is 0 Å². The molecule has 1 aromatic carbocycles. The molecule has 104 valence electrons. The first kappa shape index (κ1) is 12.0. The lowest BCUT2D eigenvalue weighted by atomic mass is 9.80. The number of rotatable bonds is 1. The van der Waals surface area contributed by atoms with Gasteiger partial charge in [0.2, 0.25) is 5.91 Å². The summed E-state index contributed by atoms with van der Waals surface area (Å²) < 4.78 is 0. The van der Waals surface area contributed by atoms with Gasteiger partial charge in [0, 0.05) is 11.8 Å². The number of aromatic carboxylic acids is 1. The molecule has 4 rings (SSSR count). The monoisotopic (exact) mass is 281 g/mol. The van der Waals surface area contributed by atoms with Crippen molar-refractivity contribution in [1.82, 2.24) is 9.97 Å². The number of fused-ring (bicyclic) bond motifs is 3. The molecule has 6 heteroatoms. The van der Waals surface area contributed by atoms with Crippen molar-refractivity contribution in [3.63, 3.8) is 0 Å². The molecule has 1 aromatic heterocycles. The molecule has 0 fully saturated rings. The highest BCUT2D eigenvalue weighted by atomic mass is 16.4. The minimum atomic E-state index is -0.960. The molecule has 2 heterocycles. The lowest BCUT2D eigenvalue weighted by molar-refractivity contribution is -0.120. The number of carbonyl (C=O) groups excluding carboxylic acids is 1. The molecule has 0 bridgehead atoms. The predicted octanol–water partition coefficient (Wildman–Crippen LogP) is 1.16. The highest BCUT2D eigenvalue weighted by Crippen LogP contribution is 2.46. The van der Waals surface area contributed by atoms with Gasteiger partial charge in [-0.1, -0.05) is 6.07 Å². The Balaban J connectivity index is 1.83. The van der Waals surface area contributed by atoms with Crippen LogP contribution in [0.1, 0.15) is 27.0 Å². The van der Waals surface area contributed by atoms with E-state index < -0.39 is 11.4 Å². The molecule has 2 aromatic rings. The summed E-state index contributed by atoms with van der Waals surface area (Å²) in [5, 5.41) is 11.9.